The van der Waals surface area contributed by atoms with Gasteiger partial charge in [-0.2, -0.15) is 0 Å². The lowest BCUT2D eigenvalue weighted by atomic mass is 10.3. The van der Waals surface area contributed by atoms with Gasteiger partial charge in [0.2, 0.25) is 5.75 Å². The number of aromatic hydroxyl groups is 3. The quantitative estimate of drug-likeness (QED) is 0.677. The highest BCUT2D eigenvalue weighted by atomic mass is 16.5. The second kappa shape index (κ2) is 4.02. The van der Waals surface area contributed by atoms with Crippen LogP contribution in [0.1, 0.15) is 0 Å². The van der Waals surface area contributed by atoms with E-state index in [9.17, 15) is 15.3 Å². The van der Waals surface area contributed by atoms with Gasteiger partial charge in [-0.25, -0.2) is 0 Å². The number of benzene rings is 2. The molecule has 2 aromatic rings. The van der Waals surface area contributed by atoms with E-state index in [1.54, 1.807) is 18.2 Å². The summed E-state index contributed by atoms with van der Waals surface area (Å²) in [6, 6.07) is 10.7. The first-order valence-electron chi connectivity index (χ1n) is 4.65. The van der Waals surface area contributed by atoms with Crippen LogP contribution in [0.5, 0.6) is 28.7 Å². The van der Waals surface area contributed by atoms with Crippen molar-refractivity contribution in [3.63, 3.8) is 0 Å². The van der Waals surface area contributed by atoms with Crippen LogP contribution >= 0.6 is 0 Å². The van der Waals surface area contributed by atoms with Crippen molar-refractivity contribution < 1.29 is 20.1 Å². The summed E-state index contributed by atoms with van der Waals surface area (Å²) in [5.41, 5.74) is 0. The molecule has 0 spiro atoms. The second-order valence-corrected chi connectivity index (χ2v) is 3.19. The van der Waals surface area contributed by atoms with E-state index in [0.717, 1.165) is 0 Å². The lowest BCUT2D eigenvalue weighted by molar-refractivity contribution is 0.362. The van der Waals surface area contributed by atoms with Gasteiger partial charge in [0.05, 0.1) is 0 Å². The van der Waals surface area contributed by atoms with Gasteiger partial charge in [-0.1, -0.05) is 18.2 Å². The average Bonchev–Trinajstić information content (AvgIpc) is 2.28. The van der Waals surface area contributed by atoms with Gasteiger partial charge in [-0.15, -0.1) is 0 Å². The molecule has 0 aliphatic carbocycles. The van der Waals surface area contributed by atoms with Crippen LogP contribution in [0, 0.1) is 0 Å². The SMILES string of the molecule is Oc1ccccc1Oc1cccc(O)c1O. The molecule has 0 fully saturated rings. The number of phenolic OH excluding ortho intramolecular Hbond substituents is 3. The van der Waals surface area contributed by atoms with Crippen molar-refractivity contribution in [1.29, 1.82) is 0 Å². The molecule has 0 unspecified atom stereocenters. The van der Waals surface area contributed by atoms with Crippen LogP contribution in [0.25, 0.3) is 0 Å². The zero-order valence-electron chi connectivity index (χ0n) is 8.29. The first kappa shape index (κ1) is 10.2. The maximum absolute atomic E-state index is 9.49. The van der Waals surface area contributed by atoms with Crippen LogP contribution in [-0.2, 0) is 0 Å². The Balaban J connectivity index is 2.35. The number of para-hydroxylation sites is 3. The van der Waals surface area contributed by atoms with Crippen molar-refractivity contribution in [3.05, 3.63) is 42.5 Å². The fourth-order valence-corrected chi connectivity index (χ4v) is 1.26. The predicted molar refractivity (Wildman–Crippen MR) is 58.0 cm³/mol. The zero-order chi connectivity index (χ0) is 11.5. The zero-order valence-corrected chi connectivity index (χ0v) is 8.29. The molecule has 0 heterocycles. The van der Waals surface area contributed by atoms with Crippen molar-refractivity contribution in [2.45, 2.75) is 0 Å². The van der Waals surface area contributed by atoms with Gasteiger partial charge < -0.3 is 20.1 Å². The van der Waals surface area contributed by atoms with Crippen LogP contribution in [0.15, 0.2) is 42.5 Å². The molecule has 2 rings (SSSR count). The summed E-state index contributed by atoms with van der Waals surface area (Å²) >= 11 is 0. The van der Waals surface area contributed by atoms with Crippen molar-refractivity contribution in [3.8, 4) is 28.7 Å². The molecule has 0 saturated heterocycles. The smallest absolute Gasteiger partial charge is 0.201 e. The summed E-state index contributed by atoms with van der Waals surface area (Å²) in [7, 11) is 0. The average molecular weight is 218 g/mol. The molecule has 0 amide bonds. The van der Waals surface area contributed by atoms with Crippen LogP contribution in [0.2, 0.25) is 0 Å². The van der Waals surface area contributed by atoms with E-state index in [2.05, 4.69) is 0 Å². The summed E-state index contributed by atoms with van der Waals surface area (Å²) < 4.78 is 5.26. The first-order valence-corrected chi connectivity index (χ1v) is 4.65. The normalized spacial score (nSPS) is 10.0. The molecule has 0 saturated carbocycles. The summed E-state index contributed by atoms with van der Waals surface area (Å²) in [6.07, 6.45) is 0. The van der Waals surface area contributed by atoms with Crippen LogP contribution in [0.3, 0.4) is 0 Å². The molecule has 0 atom stereocenters. The van der Waals surface area contributed by atoms with E-state index in [1.165, 1.54) is 24.3 Å². The predicted octanol–water partition coefficient (Wildman–Crippen LogP) is 2.60. The van der Waals surface area contributed by atoms with Crippen molar-refractivity contribution in [2.75, 3.05) is 0 Å². The molecule has 82 valence electrons. The van der Waals surface area contributed by atoms with Crippen molar-refractivity contribution in [1.82, 2.24) is 0 Å². The number of hydrogen-bond donors (Lipinski definition) is 3. The van der Waals surface area contributed by atoms with E-state index in [4.69, 9.17) is 4.74 Å². The van der Waals surface area contributed by atoms with E-state index >= 15 is 0 Å². The Morgan fingerprint density at radius 3 is 2.06 bits per heavy atom. The molecule has 0 aliphatic heterocycles. The fraction of sp³-hybridized carbons (Fsp3) is 0. The highest BCUT2D eigenvalue weighted by Crippen LogP contribution is 2.39. The lowest BCUT2D eigenvalue weighted by Crippen LogP contribution is -1.85. The second-order valence-electron chi connectivity index (χ2n) is 3.19. The molecular formula is C12H10O4. The van der Waals surface area contributed by atoms with Gasteiger partial charge in [-0.3, -0.25) is 0 Å². The Kier molecular flexibility index (Phi) is 2.55. The number of phenols is 3. The molecule has 4 nitrogen and oxygen atoms in total. The highest BCUT2D eigenvalue weighted by Gasteiger charge is 2.09. The summed E-state index contributed by atoms with van der Waals surface area (Å²) in [5, 5.41) is 28.2. The Bertz CT molecular complexity index is 508. The molecule has 0 radical (unpaired) electrons. The highest BCUT2D eigenvalue weighted by molar-refractivity contribution is 5.52. The van der Waals surface area contributed by atoms with E-state index < -0.39 is 0 Å². The molecule has 4 heteroatoms. The third kappa shape index (κ3) is 1.86. The summed E-state index contributed by atoms with van der Waals surface area (Å²) in [5.74, 6) is -0.367. The van der Waals surface area contributed by atoms with E-state index in [1.807, 2.05) is 0 Å². The van der Waals surface area contributed by atoms with Crippen molar-refractivity contribution >= 4 is 0 Å². The molecule has 0 aromatic heterocycles. The molecular weight excluding hydrogens is 208 g/mol. The van der Waals surface area contributed by atoms with E-state index in [-0.39, 0.29) is 28.7 Å². The molecule has 2 aromatic carbocycles. The molecule has 3 N–H and O–H groups in total. The van der Waals surface area contributed by atoms with Crippen LogP contribution in [-0.4, -0.2) is 15.3 Å². The Morgan fingerprint density at radius 1 is 0.688 bits per heavy atom. The molecule has 0 bridgehead atoms. The maximum Gasteiger partial charge on any atom is 0.201 e. The minimum atomic E-state index is -0.356. The minimum Gasteiger partial charge on any atom is -0.504 e. The van der Waals surface area contributed by atoms with Crippen LogP contribution in [0.4, 0.5) is 0 Å². The Labute approximate surface area is 92.0 Å². The van der Waals surface area contributed by atoms with E-state index in [0.29, 0.717) is 0 Å². The van der Waals surface area contributed by atoms with Crippen LogP contribution < -0.4 is 4.74 Å². The fourth-order valence-electron chi connectivity index (χ4n) is 1.26. The number of rotatable bonds is 2. The number of ether oxygens (including phenoxy) is 1. The summed E-state index contributed by atoms with van der Waals surface area (Å²) in [6.45, 7) is 0. The van der Waals surface area contributed by atoms with Crippen molar-refractivity contribution in [2.24, 2.45) is 0 Å². The minimum absolute atomic E-state index is 0.0368. The summed E-state index contributed by atoms with van der Waals surface area (Å²) in [4.78, 5) is 0. The molecule has 16 heavy (non-hydrogen) atoms. The molecule has 0 aliphatic rings. The van der Waals surface area contributed by atoms with Gasteiger partial charge in [0.15, 0.2) is 23.0 Å². The first-order chi connectivity index (χ1) is 7.68. The van der Waals surface area contributed by atoms with Gasteiger partial charge in [-0.05, 0) is 24.3 Å². The lowest BCUT2D eigenvalue weighted by Gasteiger charge is -2.09. The Morgan fingerprint density at radius 2 is 1.31 bits per heavy atom. The third-order valence-corrected chi connectivity index (χ3v) is 2.06. The van der Waals surface area contributed by atoms with Gasteiger partial charge in [0.1, 0.15) is 0 Å². The van der Waals surface area contributed by atoms with Gasteiger partial charge in [0, 0.05) is 0 Å². The van der Waals surface area contributed by atoms with Gasteiger partial charge >= 0.3 is 0 Å². The topological polar surface area (TPSA) is 69.9 Å². The largest absolute Gasteiger partial charge is 0.504 e. The standard InChI is InChI=1S/C12H10O4/c13-8-4-1-2-6-10(8)16-11-7-3-5-9(14)12(11)15/h1-7,13-15H. The number of hydrogen-bond acceptors (Lipinski definition) is 4. The monoisotopic (exact) mass is 218 g/mol. The van der Waals surface area contributed by atoms with Gasteiger partial charge in [0.25, 0.3) is 0 Å². The maximum atomic E-state index is 9.49. The third-order valence-electron chi connectivity index (χ3n) is 2.06. The Hall–Kier alpha value is -2.36.